The van der Waals surface area contributed by atoms with E-state index in [9.17, 15) is 0 Å². The average Bonchev–Trinajstić information content (AvgIpc) is 3.27. The van der Waals surface area contributed by atoms with E-state index in [-0.39, 0.29) is 5.41 Å². The fourth-order valence-electron chi connectivity index (χ4n) is 4.53. The summed E-state index contributed by atoms with van der Waals surface area (Å²) in [7, 11) is 0. The van der Waals surface area contributed by atoms with Crippen LogP contribution < -0.4 is 4.74 Å². The Morgan fingerprint density at radius 3 is 2.48 bits per heavy atom. The van der Waals surface area contributed by atoms with Crippen molar-refractivity contribution in [1.82, 2.24) is 0 Å². The topological polar surface area (TPSA) is 12.2 Å². The predicted molar refractivity (Wildman–Crippen MR) is 112 cm³/mol. The van der Waals surface area contributed by atoms with E-state index < -0.39 is 0 Å². The molecule has 1 heterocycles. The Bertz CT molecular complexity index is 842. The molecule has 2 nitrogen and oxygen atoms in total. The maximum absolute atomic E-state index is 6.00. The van der Waals surface area contributed by atoms with Crippen LogP contribution in [0, 0.1) is 5.92 Å². The zero-order valence-corrected chi connectivity index (χ0v) is 16.5. The Kier molecular flexibility index (Phi) is 5.15. The summed E-state index contributed by atoms with van der Waals surface area (Å²) in [5, 5.41) is 0. The van der Waals surface area contributed by atoms with Crippen molar-refractivity contribution >= 4 is 11.4 Å². The van der Waals surface area contributed by atoms with E-state index in [0.29, 0.717) is 6.61 Å². The summed E-state index contributed by atoms with van der Waals surface area (Å²) in [6.45, 7) is 6.23. The van der Waals surface area contributed by atoms with Crippen molar-refractivity contribution in [2.45, 2.75) is 44.9 Å². The zero-order valence-electron chi connectivity index (χ0n) is 16.5. The second-order valence-corrected chi connectivity index (χ2v) is 8.24. The standard InChI is InChI=1S/C25H30NO/c1-25(2)22-14-8-9-15-23(22)26(18-19-27-21-12-4-3-5-13-21)24(25)17-16-20-10-6-7-11-20/h3-5,8-9,12-17,20H,6-7,10-11,18-19H2,1-2H3/q+1/b17-16+. The van der Waals surface area contributed by atoms with Crippen molar-refractivity contribution in [1.29, 1.82) is 0 Å². The number of hydrogen-bond acceptors (Lipinski definition) is 1. The molecular weight excluding hydrogens is 330 g/mol. The molecule has 4 rings (SSSR count). The van der Waals surface area contributed by atoms with Gasteiger partial charge in [-0.1, -0.05) is 55.3 Å². The van der Waals surface area contributed by atoms with E-state index in [1.54, 1.807) is 0 Å². The molecule has 0 saturated heterocycles. The Balaban J connectivity index is 1.60. The minimum absolute atomic E-state index is 0.0262. The van der Waals surface area contributed by atoms with Gasteiger partial charge in [0.15, 0.2) is 12.3 Å². The second kappa shape index (κ2) is 7.72. The quantitative estimate of drug-likeness (QED) is 0.585. The smallest absolute Gasteiger partial charge is 0.209 e. The molecule has 0 N–H and O–H groups in total. The van der Waals surface area contributed by atoms with Gasteiger partial charge in [0.1, 0.15) is 12.4 Å². The van der Waals surface area contributed by atoms with Crippen LogP contribution >= 0.6 is 0 Å². The van der Waals surface area contributed by atoms with Gasteiger partial charge in [0, 0.05) is 17.7 Å². The first-order valence-corrected chi connectivity index (χ1v) is 10.3. The summed E-state index contributed by atoms with van der Waals surface area (Å²) in [6, 6.07) is 18.9. The third-order valence-corrected chi connectivity index (χ3v) is 6.05. The zero-order chi connectivity index (χ0) is 18.7. The lowest BCUT2D eigenvalue weighted by molar-refractivity contribution is -0.439. The Hall–Kier alpha value is -2.35. The molecule has 0 unspecified atom stereocenters. The number of benzene rings is 2. The summed E-state index contributed by atoms with van der Waals surface area (Å²) < 4.78 is 8.46. The summed E-state index contributed by atoms with van der Waals surface area (Å²) >= 11 is 0. The van der Waals surface area contributed by atoms with Crippen LogP contribution in [0.2, 0.25) is 0 Å². The predicted octanol–water partition coefficient (Wildman–Crippen LogP) is 5.89. The molecule has 27 heavy (non-hydrogen) atoms. The lowest BCUT2D eigenvalue weighted by atomic mass is 9.81. The Morgan fingerprint density at radius 2 is 1.70 bits per heavy atom. The largest absolute Gasteiger partial charge is 0.487 e. The number of rotatable bonds is 6. The molecule has 1 fully saturated rings. The molecule has 0 spiro atoms. The molecule has 2 aromatic rings. The van der Waals surface area contributed by atoms with Crippen LogP contribution in [-0.4, -0.2) is 23.4 Å². The van der Waals surface area contributed by atoms with Crippen LogP contribution in [-0.2, 0) is 5.41 Å². The summed E-state index contributed by atoms with van der Waals surface area (Å²) in [5.41, 5.74) is 4.16. The number of para-hydroxylation sites is 2. The Labute approximate surface area is 163 Å². The highest BCUT2D eigenvalue weighted by molar-refractivity contribution is 6.03. The molecule has 0 radical (unpaired) electrons. The third-order valence-electron chi connectivity index (χ3n) is 6.05. The minimum Gasteiger partial charge on any atom is -0.487 e. The van der Waals surface area contributed by atoms with Crippen molar-refractivity contribution in [3.63, 3.8) is 0 Å². The molecule has 0 amide bonds. The van der Waals surface area contributed by atoms with Gasteiger partial charge in [0.2, 0.25) is 5.69 Å². The van der Waals surface area contributed by atoms with Gasteiger partial charge in [-0.25, -0.2) is 0 Å². The first-order valence-electron chi connectivity index (χ1n) is 10.3. The average molecular weight is 361 g/mol. The lowest BCUT2D eigenvalue weighted by Crippen LogP contribution is -2.29. The van der Waals surface area contributed by atoms with Crippen LogP contribution in [0.25, 0.3) is 0 Å². The van der Waals surface area contributed by atoms with Crippen LogP contribution in [0.4, 0.5) is 5.69 Å². The maximum atomic E-state index is 6.00. The normalized spacial score (nSPS) is 19.0. The molecule has 0 aromatic heterocycles. The van der Waals surface area contributed by atoms with E-state index in [1.165, 1.54) is 42.6 Å². The van der Waals surface area contributed by atoms with Gasteiger partial charge in [0.05, 0.1) is 5.41 Å². The van der Waals surface area contributed by atoms with Crippen molar-refractivity contribution in [3.8, 4) is 5.75 Å². The van der Waals surface area contributed by atoms with Crippen molar-refractivity contribution in [2.75, 3.05) is 13.2 Å². The van der Waals surface area contributed by atoms with Gasteiger partial charge in [-0.15, -0.1) is 0 Å². The summed E-state index contributed by atoms with van der Waals surface area (Å²) in [6.07, 6.45) is 10.3. The highest BCUT2D eigenvalue weighted by Gasteiger charge is 2.44. The summed E-state index contributed by atoms with van der Waals surface area (Å²) in [4.78, 5) is 0. The van der Waals surface area contributed by atoms with E-state index in [1.807, 2.05) is 30.3 Å². The molecule has 2 aromatic carbocycles. The molecule has 1 saturated carbocycles. The van der Waals surface area contributed by atoms with E-state index >= 15 is 0 Å². The maximum Gasteiger partial charge on any atom is 0.209 e. The highest BCUT2D eigenvalue weighted by atomic mass is 16.5. The molecule has 2 aliphatic rings. The number of allylic oxidation sites excluding steroid dienone is 2. The fourth-order valence-corrected chi connectivity index (χ4v) is 4.53. The van der Waals surface area contributed by atoms with E-state index in [0.717, 1.165) is 18.2 Å². The van der Waals surface area contributed by atoms with Crippen molar-refractivity contribution in [2.24, 2.45) is 5.92 Å². The number of nitrogens with zero attached hydrogens (tertiary/aromatic N) is 1. The molecule has 2 heteroatoms. The van der Waals surface area contributed by atoms with Gasteiger partial charge in [-0.3, -0.25) is 0 Å². The monoisotopic (exact) mass is 360 g/mol. The molecular formula is C25H30NO+. The van der Waals surface area contributed by atoms with Crippen LogP contribution in [0.15, 0.2) is 66.7 Å². The minimum atomic E-state index is 0.0262. The molecule has 0 atom stereocenters. The first kappa shape index (κ1) is 18.0. The van der Waals surface area contributed by atoms with Crippen LogP contribution in [0.1, 0.15) is 45.1 Å². The van der Waals surface area contributed by atoms with E-state index in [2.05, 4.69) is 54.8 Å². The summed E-state index contributed by atoms with van der Waals surface area (Å²) in [5.74, 6) is 1.69. The molecule has 140 valence electrons. The van der Waals surface area contributed by atoms with Gasteiger partial charge in [-0.2, -0.15) is 4.58 Å². The fraction of sp³-hybridized carbons (Fsp3) is 0.400. The van der Waals surface area contributed by atoms with Gasteiger partial charge >= 0.3 is 0 Å². The van der Waals surface area contributed by atoms with Gasteiger partial charge in [-0.05, 0) is 44.7 Å². The highest BCUT2D eigenvalue weighted by Crippen LogP contribution is 2.40. The second-order valence-electron chi connectivity index (χ2n) is 8.24. The van der Waals surface area contributed by atoms with Crippen molar-refractivity contribution < 1.29 is 9.31 Å². The van der Waals surface area contributed by atoms with Gasteiger partial charge < -0.3 is 4.74 Å². The molecule has 1 aliphatic heterocycles. The Morgan fingerprint density at radius 1 is 1.00 bits per heavy atom. The third kappa shape index (κ3) is 3.71. The number of fused-ring (bicyclic) bond motifs is 1. The lowest BCUT2D eigenvalue weighted by Gasteiger charge is -2.15. The number of hydrogen-bond donors (Lipinski definition) is 0. The SMILES string of the molecule is CC1(C)C(/C=C/C2CCCC2)=[N+](CCOc2ccccc2)c2ccccc21. The molecule has 1 aliphatic carbocycles. The van der Waals surface area contributed by atoms with E-state index in [4.69, 9.17) is 4.74 Å². The van der Waals surface area contributed by atoms with Crippen LogP contribution in [0.3, 0.4) is 0 Å². The van der Waals surface area contributed by atoms with Gasteiger partial charge in [0.25, 0.3) is 0 Å². The van der Waals surface area contributed by atoms with Crippen LogP contribution in [0.5, 0.6) is 5.75 Å². The van der Waals surface area contributed by atoms with Crippen molar-refractivity contribution in [3.05, 3.63) is 72.3 Å². The first-order chi connectivity index (χ1) is 13.2. The number of ether oxygens (including phenoxy) is 1. The molecule has 0 bridgehead atoms.